The molecule has 0 aliphatic carbocycles. The molecule has 0 spiro atoms. The van der Waals surface area contributed by atoms with E-state index in [0.29, 0.717) is 22.0 Å². The van der Waals surface area contributed by atoms with E-state index in [4.69, 9.17) is 28.9 Å². The van der Waals surface area contributed by atoms with Gasteiger partial charge in [0.15, 0.2) is 0 Å². The summed E-state index contributed by atoms with van der Waals surface area (Å²) >= 11 is 15.2. The zero-order chi connectivity index (χ0) is 14.0. The average Bonchev–Trinajstić information content (AvgIpc) is 2.37. The Morgan fingerprint density at radius 3 is 2.63 bits per heavy atom. The first kappa shape index (κ1) is 14.2. The maximum Gasteiger partial charge on any atom is 0.257 e. The average molecular weight is 360 g/mol. The highest BCUT2D eigenvalue weighted by atomic mass is 79.9. The van der Waals surface area contributed by atoms with Crippen molar-refractivity contribution in [2.75, 3.05) is 11.1 Å². The summed E-state index contributed by atoms with van der Waals surface area (Å²) in [5.74, 6) is -0.337. The van der Waals surface area contributed by atoms with Crippen LogP contribution in [0.3, 0.4) is 0 Å². The molecule has 3 nitrogen and oxygen atoms in total. The largest absolute Gasteiger partial charge is 0.398 e. The van der Waals surface area contributed by atoms with Gasteiger partial charge in [-0.1, -0.05) is 29.3 Å². The van der Waals surface area contributed by atoms with Crippen molar-refractivity contribution < 1.29 is 4.79 Å². The summed E-state index contributed by atoms with van der Waals surface area (Å²) in [5.41, 5.74) is 6.92. The van der Waals surface area contributed by atoms with Crippen LogP contribution in [0.15, 0.2) is 40.9 Å². The third-order valence-electron chi connectivity index (χ3n) is 2.45. The van der Waals surface area contributed by atoms with Gasteiger partial charge in [0.05, 0.1) is 21.3 Å². The van der Waals surface area contributed by atoms with Gasteiger partial charge in [-0.25, -0.2) is 0 Å². The van der Waals surface area contributed by atoms with Crippen LogP contribution in [0.2, 0.25) is 10.0 Å². The molecule has 2 aromatic rings. The fourth-order valence-electron chi connectivity index (χ4n) is 1.50. The van der Waals surface area contributed by atoms with Crippen molar-refractivity contribution in [3.63, 3.8) is 0 Å². The summed E-state index contributed by atoms with van der Waals surface area (Å²) in [6.07, 6.45) is 0. The van der Waals surface area contributed by atoms with E-state index in [2.05, 4.69) is 21.2 Å². The minimum atomic E-state index is -0.337. The van der Waals surface area contributed by atoms with Crippen molar-refractivity contribution in [2.45, 2.75) is 0 Å². The number of hydrogen-bond acceptors (Lipinski definition) is 2. The first-order chi connectivity index (χ1) is 8.99. The molecule has 1 amide bonds. The summed E-state index contributed by atoms with van der Waals surface area (Å²) in [7, 11) is 0. The SMILES string of the molecule is Nc1cccc(C(=O)Nc2ccc(Br)c(Cl)c2)c1Cl. The van der Waals surface area contributed by atoms with Gasteiger partial charge in [0.1, 0.15) is 0 Å². The lowest BCUT2D eigenvalue weighted by atomic mass is 10.2. The lowest BCUT2D eigenvalue weighted by Crippen LogP contribution is -2.13. The van der Waals surface area contributed by atoms with E-state index < -0.39 is 0 Å². The van der Waals surface area contributed by atoms with Crippen LogP contribution in [0.4, 0.5) is 11.4 Å². The van der Waals surface area contributed by atoms with E-state index in [1.54, 1.807) is 36.4 Å². The van der Waals surface area contributed by atoms with E-state index in [0.717, 1.165) is 4.47 Å². The standard InChI is InChI=1S/C13H9BrCl2N2O/c14-9-5-4-7(6-10(9)15)18-13(19)8-2-1-3-11(17)12(8)16/h1-6H,17H2,(H,18,19). The molecular formula is C13H9BrCl2N2O. The summed E-state index contributed by atoms with van der Waals surface area (Å²) in [4.78, 5) is 12.1. The second-order valence-corrected chi connectivity index (χ2v) is 5.43. The quantitative estimate of drug-likeness (QED) is 0.770. The number of carbonyl (C=O) groups excluding carboxylic acids is 1. The number of benzene rings is 2. The number of anilines is 2. The zero-order valence-electron chi connectivity index (χ0n) is 9.58. The fraction of sp³-hybridized carbons (Fsp3) is 0. The number of carbonyl (C=O) groups is 1. The van der Waals surface area contributed by atoms with Crippen LogP contribution in [0.5, 0.6) is 0 Å². The molecule has 6 heteroatoms. The van der Waals surface area contributed by atoms with E-state index in [1.165, 1.54) is 0 Å². The molecule has 0 bridgehead atoms. The molecule has 0 heterocycles. The van der Waals surface area contributed by atoms with Crippen LogP contribution in [-0.4, -0.2) is 5.91 Å². The monoisotopic (exact) mass is 358 g/mol. The van der Waals surface area contributed by atoms with Gasteiger partial charge in [-0.15, -0.1) is 0 Å². The van der Waals surface area contributed by atoms with Gasteiger partial charge >= 0.3 is 0 Å². The Kier molecular flexibility index (Phi) is 4.34. The highest BCUT2D eigenvalue weighted by molar-refractivity contribution is 9.10. The minimum Gasteiger partial charge on any atom is -0.398 e. The molecule has 0 aliphatic heterocycles. The molecule has 0 fully saturated rings. The number of hydrogen-bond donors (Lipinski definition) is 2. The van der Waals surface area contributed by atoms with Crippen LogP contribution >= 0.6 is 39.1 Å². The van der Waals surface area contributed by atoms with Gasteiger partial charge in [-0.05, 0) is 46.3 Å². The Balaban J connectivity index is 2.26. The van der Waals surface area contributed by atoms with Crippen molar-refractivity contribution in [1.29, 1.82) is 0 Å². The van der Waals surface area contributed by atoms with E-state index in [9.17, 15) is 4.79 Å². The molecule has 3 N–H and O–H groups in total. The van der Waals surface area contributed by atoms with Gasteiger partial charge < -0.3 is 11.1 Å². The van der Waals surface area contributed by atoms with Crippen LogP contribution in [0, 0.1) is 0 Å². The Labute approximate surface area is 128 Å². The highest BCUT2D eigenvalue weighted by Crippen LogP contribution is 2.27. The third kappa shape index (κ3) is 3.21. The molecule has 0 radical (unpaired) electrons. The molecule has 98 valence electrons. The van der Waals surface area contributed by atoms with Gasteiger partial charge in [-0.2, -0.15) is 0 Å². The molecule has 19 heavy (non-hydrogen) atoms. The van der Waals surface area contributed by atoms with Crippen molar-refractivity contribution >= 4 is 56.4 Å². The second kappa shape index (κ2) is 5.82. The van der Waals surface area contributed by atoms with Gasteiger partial charge in [0, 0.05) is 10.2 Å². The van der Waals surface area contributed by atoms with E-state index >= 15 is 0 Å². The molecule has 2 rings (SSSR count). The Bertz CT molecular complexity index is 647. The Hall–Kier alpha value is -1.23. The van der Waals surface area contributed by atoms with Crippen molar-refractivity contribution in [3.05, 3.63) is 56.5 Å². The molecule has 0 atom stereocenters. The van der Waals surface area contributed by atoms with Crippen molar-refractivity contribution in [2.24, 2.45) is 0 Å². The van der Waals surface area contributed by atoms with Crippen LogP contribution in [0.25, 0.3) is 0 Å². The van der Waals surface area contributed by atoms with E-state index in [1.807, 2.05) is 0 Å². The fourth-order valence-corrected chi connectivity index (χ4v) is 2.14. The lowest BCUT2D eigenvalue weighted by Gasteiger charge is -2.08. The summed E-state index contributed by atoms with van der Waals surface area (Å²) in [5, 5.41) is 3.46. The summed E-state index contributed by atoms with van der Waals surface area (Å²) < 4.78 is 0.758. The van der Waals surface area contributed by atoms with Crippen LogP contribution in [0.1, 0.15) is 10.4 Å². The first-order valence-electron chi connectivity index (χ1n) is 5.29. The summed E-state index contributed by atoms with van der Waals surface area (Å²) in [6.45, 7) is 0. The smallest absolute Gasteiger partial charge is 0.257 e. The van der Waals surface area contributed by atoms with Gasteiger partial charge in [0.25, 0.3) is 5.91 Å². The Morgan fingerprint density at radius 1 is 1.21 bits per heavy atom. The molecule has 2 aromatic carbocycles. The molecule has 0 aliphatic rings. The van der Waals surface area contributed by atoms with Gasteiger partial charge in [0.2, 0.25) is 0 Å². The minimum absolute atomic E-state index is 0.239. The number of halogens is 3. The number of nitrogens with one attached hydrogen (secondary N) is 1. The lowest BCUT2D eigenvalue weighted by molar-refractivity contribution is 0.102. The third-order valence-corrected chi connectivity index (χ3v) is 4.10. The number of nitrogens with two attached hydrogens (primary N) is 1. The molecule has 0 saturated heterocycles. The molecule has 0 saturated carbocycles. The summed E-state index contributed by atoms with van der Waals surface area (Å²) in [6, 6.07) is 10.0. The van der Waals surface area contributed by atoms with Crippen LogP contribution < -0.4 is 11.1 Å². The van der Waals surface area contributed by atoms with Crippen molar-refractivity contribution in [3.8, 4) is 0 Å². The highest BCUT2D eigenvalue weighted by Gasteiger charge is 2.12. The zero-order valence-corrected chi connectivity index (χ0v) is 12.7. The topological polar surface area (TPSA) is 55.1 Å². The predicted molar refractivity (Wildman–Crippen MR) is 83.0 cm³/mol. The Morgan fingerprint density at radius 2 is 1.95 bits per heavy atom. The molecule has 0 unspecified atom stereocenters. The maximum absolute atomic E-state index is 12.1. The van der Waals surface area contributed by atoms with Crippen LogP contribution in [-0.2, 0) is 0 Å². The predicted octanol–water partition coefficient (Wildman–Crippen LogP) is 4.59. The maximum atomic E-state index is 12.1. The molecule has 0 aromatic heterocycles. The van der Waals surface area contributed by atoms with Crippen molar-refractivity contribution in [1.82, 2.24) is 0 Å². The number of amides is 1. The first-order valence-corrected chi connectivity index (χ1v) is 6.84. The number of rotatable bonds is 2. The normalized spacial score (nSPS) is 10.3. The number of nitrogen functional groups attached to an aromatic ring is 1. The van der Waals surface area contributed by atoms with Gasteiger partial charge in [-0.3, -0.25) is 4.79 Å². The second-order valence-electron chi connectivity index (χ2n) is 3.79. The molecular weight excluding hydrogens is 351 g/mol. The van der Waals surface area contributed by atoms with E-state index in [-0.39, 0.29) is 10.9 Å².